The average Bonchev–Trinajstić information content (AvgIpc) is 3.11. The second-order valence-electron chi connectivity index (χ2n) is 10.8. The molecule has 0 aromatic heterocycles. The van der Waals surface area contributed by atoms with Crippen molar-refractivity contribution in [2.45, 2.75) is 44.7 Å². The highest BCUT2D eigenvalue weighted by molar-refractivity contribution is 7.61. The number of carbonyl (C=O) groups excluding carboxylic acids is 1. The van der Waals surface area contributed by atoms with Gasteiger partial charge >= 0.3 is 0 Å². The van der Waals surface area contributed by atoms with E-state index in [2.05, 4.69) is 0 Å². The Labute approximate surface area is 271 Å². The van der Waals surface area contributed by atoms with Gasteiger partial charge in [0, 0.05) is 13.8 Å². The Kier molecular flexibility index (Phi) is 14.4. The number of hydrogen-bond donors (Lipinski definition) is 0. The van der Waals surface area contributed by atoms with E-state index in [1.807, 2.05) is 121 Å². The molecular weight excluding hydrogens is 601 g/mol. The van der Waals surface area contributed by atoms with Crippen molar-refractivity contribution < 1.29 is 32.9 Å². The number of hydrogen-bond acceptors (Lipinski definition) is 7. The summed E-state index contributed by atoms with van der Waals surface area (Å²) in [5, 5.41) is 1.22. The van der Waals surface area contributed by atoms with Crippen LogP contribution in [0.4, 0.5) is 0 Å². The maximum atomic E-state index is 13.0. The quantitative estimate of drug-likeness (QED) is 0.0564. The van der Waals surface area contributed by atoms with Crippen molar-refractivity contribution in [3.63, 3.8) is 0 Å². The molecule has 4 aromatic rings. The van der Waals surface area contributed by atoms with E-state index in [0.29, 0.717) is 6.41 Å². The first-order chi connectivity index (χ1) is 22.5. The third-order valence-electron chi connectivity index (χ3n) is 7.19. The van der Waals surface area contributed by atoms with Crippen LogP contribution in [0.15, 0.2) is 133 Å². The molecule has 1 amide bonds. The first kappa shape index (κ1) is 35.0. The van der Waals surface area contributed by atoms with Crippen LogP contribution in [0.5, 0.6) is 0 Å². The van der Waals surface area contributed by atoms with Gasteiger partial charge in [-0.15, -0.1) is 0 Å². The lowest BCUT2D eigenvalue weighted by Gasteiger charge is -2.34. The minimum atomic E-state index is -3.06. The van der Waals surface area contributed by atoms with E-state index in [4.69, 9.17) is 23.6 Å². The van der Waals surface area contributed by atoms with Gasteiger partial charge in [-0.1, -0.05) is 121 Å². The lowest BCUT2D eigenvalue weighted by atomic mass is 10.1. The Morgan fingerprint density at radius 1 is 0.652 bits per heavy atom. The van der Waals surface area contributed by atoms with Crippen molar-refractivity contribution in [3.8, 4) is 0 Å². The van der Waals surface area contributed by atoms with Crippen molar-refractivity contribution in [1.82, 2.24) is 5.06 Å². The third-order valence-corrected chi connectivity index (χ3v) is 8.63. The zero-order chi connectivity index (χ0) is 32.5. The number of carbonyl (C=O) groups is 1. The molecule has 0 radical (unpaired) electrons. The molecule has 4 aromatic carbocycles. The summed E-state index contributed by atoms with van der Waals surface area (Å²) in [6.45, 7) is 2.52. The molecule has 0 fully saturated rings. The molecule has 0 heterocycles. The van der Waals surface area contributed by atoms with Crippen LogP contribution in [0.3, 0.4) is 0 Å². The summed E-state index contributed by atoms with van der Waals surface area (Å²) < 4.78 is 37.8. The van der Waals surface area contributed by atoms with Crippen LogP contribution in [-0.2, 0) is 59.4 Å². The number of ether oxygens (including phenoxy) is 3. The SMILES string of the molecule is COP(C)(=O)/C=C/[C@@H](OCc1ccccc1)[C@H](OCc1ccccc1)[C@@H](CN(C=O)OCc1ccccc1)OCc1ccccc1. The van der Waals surface area contributed by atoms with Crippen LogP contribution in [0.1, 0.15) is 22.3 Å². The summed E-state index contributed by atoms with van der Waals surface area (Å²) in [5.41, 5.74) is 3.77. The molecule has 1 unspecified atom stereocenters. The van der Waals surface area contributed by atoms with E-state index in [1.165, 1.54) is 24.7 Å². The summed E-state index contributed by atoms with van der Waals surface area (Å²) in [4.78, 5) is 18.2. The molecule has 0 aliphatic carbocycles. The Bertz CT molecular complexity index is 1490. The molecule has 0 bridgehead atoms. The van der Waals surface area contributed by atoms with Crippen molar-refractivity contribution >= 4 is 13.8 Å². The Morgan fingerprint density at radius 3 is 1.54 bits per heavy atom. The first-order valence-electron chi connectivity index (χ1n) is 15.1. The van der Waals surface area contributed by atoms with Gasteiger partial charge < -0.3 is 18.7 Å². The highest BCUT2D eigenvalue weighted by Crippen LogP contribution is 2.43. The zero-order valence-electron chi connectivity index (χ0n) is 26.3. The van der Waals surface area contributed by atoms with Crippen LogP contribution in [0.25, 0.3) is 0 Å². The monoisotopic (exact) mass is 643 g/mol. The fraction of sp³-hybridized carbons (Fsp3) is 0.270. The van der Waals surface area contributed by atoms with Crippen LogP contribution < -0.4 is 0 Å². The lowest BCUT2D eigenvalue weighted by Crippen LogP contribution is -2.47. The highest BCUT2D eigenvalue weighted by Gasteiger charge is 2.33. The Balaban J connectivity index is 1.67. The molecule has 0 saturated carbocycles. The fourth-order valence-electron chi connectivity index (χ4n) is 4.57. The van der Waals surface area contributed by atoms with Gasteiger partial charge in [-0.25, -0.2) is 5.06 Å². The second-order valence-corrected chi connectivity index (χ2v) is 13.2. The molecule has 8 nitrogen and oxygen atoms in total. The maximum Gasteiger partial charge on any atom is 0.233 e. The summed E-state index contributed by atoms with van der Waals surface area (Å²) in [6.07, 6.45) is 0.114. The van der Waals surface area contributed by atoms with Gasteiger partial charge in [0.1, 0.15) is 24.9 Å². The number of rotatable bonds is 20. The molecule has 0 spiro atoms. The van der Waals surface area contributed by atoms with Gasteiger partial charge in [-0.3, -0.25) is 14.2 Å². The third kappa shape index (κ3) is 12.1. The average molecular weight is 644 g/mol. The number of hydroxylamine groups is 2. The summed E-state index contributed by atoms with van der Waals surface area (Å²) >= 11 is 0. The van der Waals surface area contributed by atoms with Crippen LogP contribution in [0, 0.1) is 0 Å². The minimum absolute atomic E-state index is 0.0374. The summed E-state index contributed by atoms with van der Waals surface area (Å²) in [5.74, 6) is 1.53. The van der Waals surface area contributed by atoms with Gasteiger partial charge in [-0.05, 0) is 34.1 Å². The van der Waals surface area contributed by atoms with E-state index in [0.717, 1.165) is 22.3 Å². The van der Waals surface area contributed by atoms with Gasteiger partial charge in [0.15, 0.2) is 0 Å². The van der Waals surface area contributed by atoms with Gasteiger partial charge in [0.25, 0.3) is 0 Å². The molecule has 0 aliphatic rings. The van der Waals surface area contributed by atoms with E-state index >= 15 is 0 Å². The predicted molar refractivity (Wildman–Crippen MR) is 179 cm³/mol. The molecule has 46 heavy (non-hydrogen) atoms. The first-order valence-corrected chi connectivity index (χ1v) is 17.3. The van der Waals surface area contributed by atoms with E-state index in [1.54, 1.807) is 6.08 Å². The zero-order valence-corrected chi connectivity index (χ0v) is 27.2. The molecule has 4 atom stereocenters. The molecule has 4 rings (SSSR count). The molecule has 0 aliphatic heterocycles. The molecule has 0 N–H and O–H groups in total. The summed E-state index contributed by atoms with van der Waals surface area (Å²) in [7, 11) is -1.65. The van der Waals surface area contributed by atoms with Crippen molar-refractivity contribution in [2.24, 2.45) is 0 Å². The van der Waals surface area contributed by atoms with E-state index in [9.17, 15) is 9.36 Å². The van der Waals surface area contributed by atoms with Crippen molar-refractivity contribution in [2.75, 3.05) is 20.3 Å². The predicted octanol–water partition coefficient (Wildman–Crippen LogP) is 7.40. The van der Waals surface area contributed by atoms with Crippen molar-refractivity contribution in [1.29, 1.82) is 0 Å². The molecular formula is C37H42NO7P. The van der Waals surface area contributed by atoms with E-state index < -0.39 is 25.7 Å². The number of nitrogens with zero attached hydrogens (tertiary/aromatic N) is 1. The topological polar surface area (TPSA) is 83.5 Å². The molecule has 9 heteroatoms. The fourth-order valence-corrected chi connectivity index (χ4v) is 5.18. The largest absolute Gasteiger partial charge is 0.369 e. The van der Waals surface area contributed by atoms with Gasteiger partial charge in [-0.2, -0.15) is 0 Å². The van der Waals surface area contributed by atoms with Gasteiger partial charge in [0.05, 0.1) is 26.4 Å². The lowest BCUT2D eigenvalue weighted by molar-refractivity contribution is -0.205. The summed E-state index contributed by atoms with van der Waals surface area (Å²) in [6, 6.07) is 38.9. The smallest absolute Gasteiger partial charge is 0.233 e. The number of amides is 1. The minimum Gasteiger partial charge on any atom is -0.369 e. The van der Waals surface area contributed by atoms with E-state index in [-0.39, 0.29) is 33.0 Å². The Hall–Kier alpha value is -3.88. The second kappa shape index (κ2) is 18.9. The van der Waals surface area contributed by atoms with Crippen molar-refractivity contribution in [3.05, 3.63) is 155 Å². The number of benzene rings is 4. The van der Waals surface area contributed by atoms with Crippen LogP contribution in [0.2, 0.25) is 0 Å². The normalized spacial score (nSPS) is 14.7. The maximum absolute atomic E-state index is 13.0. The standard InChI is InChI=1S/C37H42NO7P/c1-41-46(2,40)24-23-35(42-26-31-15-7-3-8-16-31)37(44-28-33-19-11-5-12-20-33)36(43-27-32-17-9-4-10-18-32)25-38(30-39)45-29-34-21-13-6-14-22-34/h3-24,30,35-37H,25-29H2,1-2H3/b24-23+/t35-,36-,37+,46?/m1/s1. The highest BCUT2D eigenvalue weighted by atomic mass is 31.2. The van der Waals surface area contributed by atoms with Crippen LogP contribution in [-0.4, -0.2) is 50.1 Å². The Morgan fingerprint density at radius 2 is 1.09 bits per heavy atom. The molecule has 0 saturated heterocycles. The van der Waals surface area contributed by atoms with Crippen LogP contribution >= 0.6 is 7.37 Å². The van der Waals surface area contributed by atoms with Gasteiger partial charge in [0.2, 0.25) is 13.8 Å². The molecule has 242 valence electrons.